The second-order valence-corrected chi connectivity index (χ2v) is 5.15. The monoisotopic (exact) mass is 276 g/mol. The summed E-state index contributed by atoms with van der Waals surface area (Å²) in [4.78, 5) is 26.0. The van der Waals surface area contributed by atoms with Crippen molar-refractivity contribution in [2.45, 2.75) is 19.9 Å². The van der Waals surface area contributed by atoms with E-state index in [-0.39, 0.29) is 24.5 Å². The van der Waals surface area contributed by atoms with Gasteiger partial charge in [0, 0.05) is 12.5 Å². The average molecular weight is 276 g/mol. The molecule has 1 fully saturated rings. The van der Waals surface area contributed by atoms with Crippen LogP contribution in [0.25, 0.3) is 0 Å². The van der Waals surface area contributed by atoms with Gasteiger partial charge in [-0.2, -0.15) is 0 Å². The number of urea groups is 1. The first-order valence-corrected chi connectivity index (χ1v) is 6.81. The number of hydrogen-bond donors (Lipinski definition) is 1. The molecular formula is C15H20N2O3. The Kier molecular flexibility index (Phi) is 4.74. The van der Waals surface area contributed by atoms with Gasteiger partial charge in [-0.05, 0) is 5.56 Å². The van der Waals surface area contributed by atoms with Crippen molar-refractivity contribution in [3.8, 4) is 0 Å². The second-order valence-electron chi connectivity index (χ2n) is 5.15. The highest BCUT2D eigenvalue weighted by Crippen LogP contribution is 2.18. The fourth-order valence-electron chi connectivity index (χ4n) is 2.09. The van der Waals surface area contributed by atoms with Crippen molar-refractivity contribution in [1.82, 2.24) is 10.2 Å². The molecule has 0 aliphatic carbocycles. The minimum absolute atomic E-state index is 0.00432. The Balaban J connectivity index is 2.14. The van der Waals surface area contributed by atoms with Gasteiger partial charge in [-0.1, -0.05) is 44.2 Å². The van der Waals surface area contributed by atoms with Gasteiger partial charge in [0.2, 0.25) is 0 Å². The van der Waals surface area contributed by atoms with Crippen LogP contribution in [0.1, 0.15) is 25.5 Å². The maximum absolute atomic E-state index is 12.3. The summed E-state index contributed by atoms with van der Waals surface area (Å²) in [6, 6.07) is 8.45. The van der Waals surface area contributed by atoms with E-state index in [1.165, 1.54) is 0 Å². The quantitative estimate of drug-likeness (QED) is 0.914. The molecule has 1 aromatic rings. The Labute approximate surface area is 118 Å². The summed E-state index contributed by atoms with van der Waals surface area (Å²) >= 11 is 0. The van der Waals surface area contributed by atoms with Crippen LogP contribution in [-0.4, -0.2) is 36.6 Å². The third-order valence-corrected chi connectivity index (χ3v) is 3.29. The number of carbonyl (C=O) groups is 2. The predicted molar refractivity (Wildman–Crippen MR) is 75.1 cm³/mol. The average Bonchev–Trinajstić information content (AvgIpc) is 2.99. The SMILES string of the molecule is CC(C)C(=O)C(NC(=O)N1CCOC1)c1ccccc1. The fraction of sp³-hybridized carbons (Fsp3) is 0.467. The van der Waals surface area contributed by atoms with Gasteiger partial charge in [0.1, 0.15) is 12.8 Å². The van der Waals surface area contributed by atoms with E-state index in [1.54, 1.807) is 4.90 Å². The lowest BCUT2D eigenvalue weighted by Crippen LogP contribution is -2.43. The lowest BCUT2D eigenvalue weighted by molar-refractivity contribution is -0.123. The van der Waals surface area contributed by atoms with Crippen LogP contribution in [0.3, 0.4) is 0 Å². The molecule has 1 unspecified atom stereocenters. The van der Waals surface area contributed by atoms with Gasteiger partial charge in [0.15, 0.2) is 5.78 Å². The molecule has 5 nitrogen and oxygen atoms in total. The van der Waals surface area contributed by atoms with Crippen LogP contribution in [0, 0.1) is 5.92 Å². The summed E-state index contributed by atoms with van der Waals surface area (Å²) in [7, 11) is 0. The van der Waals surface area contributed by atoms with Crippen LogP contribution in [0.4, 0.5) is 4.79 Å². The van der Waals surface area contributed by atoms with E-state index in [0.29, 0.717) is 13.2 Å². The molecule has 0 saturated carbocycles. The number of nitrogens with zero attached hydrogens (tertiary/aromatic N) is 1. The molecule has 0 aromatic heterocycles. The third kappa shape index (κ3) is 3.36. The minimum atomic E-state index is -0.607. The van der Waals surface area contributed by atoms with Gasteiger partial charge < -0.3 is 10.1 Å². The largest absolute Gasteiger partial charge is 0.359 e. The zero-order chi connectivity index (χ0) is 14.5. The number of amides is 2. The molecule has 1 aliphatic heterocycles. The highest BCUT2D eigenvalue weighted by molar-refractivity contribution is 5.90. The van der Waals surface area contributed by atoms with Crippen molar-refractivity contribution in [2.75, 3.05) is 19.9 Å². The number of hydrogen-bond acceptors (Lipinski definition) is 3. The Morgan fingerprint density at radius 3 is 2.50 bits per heavy atom. The number of ketones is 1. The molecule has 0 spiro atoms. The zero-order valence-electron chi connectivity index (χ0n) is 11.8. The maximum atomic E-state index is 12.3. The Morgan fingerprint density at radius 1 is 1.25 bits per heavy atom. The number of benzene rings is 1. The summed E-state index contributed by atoms with van der Waals surface area (Å²) < 4.78 is 5.15. The Morgan fingerprint density at radius 2 is 1.95 bits per heavy atom. The molecule has 1 aliphatic rings. The highest BCUT2D eigenvalue weighted by atomic mass is 16.5. The molecule has 2 rings (SSSR count). The third-order valence-electron chi connectivity index (χ3n) is 3.29. The van der Waals surface area contributed by atoms with Crippen LogP contribution >= 0.6 is 0 Å². The predicted octanol–water partition coefficient (Wildman–Crippen LogP) is 1.95. The van der Waals surface area contributed by atoms with Gasteiger partial charge in [-0.25, -0.2) is 4.79 Å². The topological polar surface area (TPSA) is 58.6 Å². The van der Waals surface area contributed by atoms with E-state index >= 15 is 0 Å². The number of ether oxygens (including phenoxy) is 1. The van der Waals surface area contributed by atoms with E-state index in [1.807, 2.05) is 44.2 Å². The second kappa shape index (κ2) is 6.52. The first kappa shape index (κ1) is 14.5. The molecule has 1 aromatic carbocycles. The minimum Gasteiger partial charge on any atom is -0.359 e. The summed E-state index contributed by atoms with van der Waals surface area (Å²) in [5.41, 5.74) is 0.805. The number of nitrogens with one attached hydrogen (secondary N) is 1. The van der Waals surface area contributed by atoms with Crippen molar-refractivity contribution in [3.63, 3.8) is 0 Å². The molecule has 1 saturated heterocycles. The molecule has 20 heavy (non-hydrogen) atoms. The molecule has 5 heteroatoms. The molecule has 0 bridgehead atoms. The first-order chi connectivity index (χ1) is 9.59. The van der Waals surface area contributed by atoms with Crippen molar-refractivity contribution in [1.29, 1.82) is 0 Å². The summed E-state index contributed by atoms with van der Waals surface area (Å²) in [6.45, 7) is 5.06. The van der Waals surface area contributed by atoms with Crippen LogP contribution < -0.4 is 5.32 Å². The summed E-state index contributed by atoms with van der Waals surface area (Å²) in [6.07, 6.45) is 0. The van der Waals surface area contributed by atoms with Crippen LogP contribution in [-0.2, 0) is 9.53 Å². The number of carbonyl (C=O) groups excluding carboxylic acids is 2. The number of rotatable bonds is 4. The van der Waals surface area contributed by atoms with Crippen molar-refractivity contribution in [2.24, 2.45) is 5.92 Å². The standard InChI is InChI=1S/C15H20N2O3/c1-11(2)14(18)13(12-6-4-3-5-7-12)16-15(19)17-8-9-20-10-17/h3-7,11,13H,8-10H2,1-2H3,(H,16,19). The lowest BCUT2D eigenvalue weighted by atomic mass is 9.95. The van der Waals surface area contributed by atoms with E-state index in [9.17, 15) is 9.59 Å². The van der Waals surface area contributed by atoms with Gasteiger partial charge in [-0.3, -0.25) is 9.69 Å². The molecule has 2 amide bonds. The van der Waals surface area contributed by atoms with E-state index in [2.05, 4.69) is 5.32 Å². The molecule has 1 atom stereocenters. The van der Waals surface area contributed by atoms with Crippen LogP contribution in [0.2, 0.25) is 0 Å². The zero-order valence-corrected chi connectivity index (χ0v) is 11.8. The van der Waals surface area contributed by atoms with E-state index in [4.69, 9.17) is 4.74 Å². The maximum Gasteiger partial charge on any atom is 0.320 e. The Hall–Kier alpha value is -1.88. The van der Waals surface area contributed by atoms with Gasteiger partial charge in [0.05, 0.1) is 6.61 Å². The first-order valence-electron chi connectivity index (χ1n) is 6.81. The van der Waals surface area contributed by atoms with E-state index in [0.717, 1.165) is 5.56 Å². The summed E-state index contributed by atoms with van der Waals surface area (Å²) in [5.74, 6) is -0.139. The van der Waals surface area contributed by atoms with E-state index < -0.39 is 6.04 Å². The van der Waals surface area contributed by atoms with Crippen molar-refractivity contribution < 1.29 is 14.3 Å². The van der Waals surface area contributed by atoms with Gasteiger partial charge in [-0.15, -0.1) is 0 Å². The summed E-state index contributed by atoms with van der Waals surface area (Å²) in [5, 5.41) is 2.81. The smallest absolute Gasteiger partial charge is 0.320 e. The van der Waals surface area contributed by atoms with Crippen molar-refractivity contribution >= 4 is 11.8 Å². The molecule has 1 heterocycles. The number of Topliss-reactive ketones (excluding diaryl/α,β-unsaturated/α-hetero) is 1. The normalized spacial score (nSPS) is 16.2. The lowest BCUT2D eigenvalue weighted by Gasteiger charge is -2.23. The van der Waals surface area contributed by atoms with Crippen LogP contribution in [0.15, 0.2) is 30.3 Å². The molecule has 1 N–H and O–H groups in total. The fourth-order valence-corrected chi connectivity index (χ4v) is 2.09. The molecule has 108 valence electrons. The molecule has 0 radical (unpaired) electrons. The van der Waals surface area contributed by atoms with Crippen molar-refractivity contribution in [3.05, 3.63) is 35.9 Å². The van der Waals surface area contributed by atoms with Gasteiger partial charge in [0.25, 0.3) is 0 Å². The molecular weight excluding hydrogens is 256 g/mol. The highest BCUT2D eigenvalue weighted by Gasteiger charge is 2.27. The van der Waals surface area contributed by atoms with Crippen LogP contribution in [0.5, 0.6) is 0 Å². The van der Waals surface area contributed by atoms with Gasteiger partial charge >= 0.3 is 6.03 Å². The Bertz CT molecular complexity index is 467.